The summed E-state index contributed by atoms with van der Waals surface area (Å²) in [5.74, 6) is 0.980. The van der Waals surface area contributed by atoms with Crippen molar-refractivity contribution in [1.29, 1.82) is 0 Å². The van der Waals surface area contributed by atoms with Crippen LogP contribution in [-0.2, 0) is 0 Å². The number of H-pyrrole nitrogens is 1. The summed E-state index contributed by atoms with van der Waals surface area (Å²) >= 11 is 0. The van der Waals surface area contributed by atoms with E-state index >= 15 is 0 Å². The number of aromatic nitrogens is 2. The largest absolute Gasteiger partial charge is 0.490 e. The molecule has 1 aromatic heterocycles. The van der Waals surface area contributed by atoms with Crippen molar-refractivity contribution in [1.82, 2.24) is 10.3 Å². The van der Waals surface area contributed by atoms with Gasteiger partial charge in [0.1, 0.15) is 11.9 Å². The van der Waals surface area contributed by atoms with Gasteiger partial charge < -0.3 is 10.1 Å². The van der Waals surface area contributed by atoms with Gasteiger partial charge in [-0.25, -0.2) is 9.55 Å². The fourth-order valence-corrected chi connectivity index (χ4v) is 2.66. The highest BCUT2D eigenvalue weighted by atomic mass is 16.5. The number of aromatic amines is 1. The van der Waals surface area contributed by atoms with E-state index in [1.54, 1.807) is 0 Å². The average Bonchev–Trinajstić information content (AvgIpc) is 2.83. The molecule has 0 bridgehead atoms. The van der Waals surface area contributed by atoms with Crippen LogP contribution < -0.4 is 14.6 Å². The lowest BCUT2D eigenvalue weighted by atomic mass is 10.1. The van der Waals surface area contributed by atoms with Gasteiger partial charge in [-0.2, -0.15) is 0 Å². The van der Waals surface area contributed by atoms with E-state index in [2.05, 4.69) is 46.9 Å². The van der Waals surface area contributed by atoms with Crippen LogP contribution in [0.4, 0.5) is 0 Å². The van der Waals surface area contributed by atoms with Gasteiger partial charge >= 0.3 is 0 Å². The lowest BCUT2D eigenvalue weighted by Gasteiger charge is -2.23. The summed E-state index contributed by atoms with van der Waals surface area (Å²) in [5.41, 5.74) is 2.37. The molecule has 1 saturated heterocycles. The number of hydrogen-bond donors (Lipinski definition) is 2. The lowest BCUT2D eigenvalue weighted by molar-refractivity contribution is -0.691. The first-order valence-corrected chi connectivity index (χ1v) is 7.13. The molecule has 102 valence electrons. The number of piperidine rings is 1. The Labute approximate surface area is 113 Å². The quantitative estimate of drug-likeness (QED) is 0.830. The predicted octanol–water partition coefficient (Wildman–Crippen LogP) is 2.17. The Morgan fingerprint density at radius 3 is 2.79 bits per heavy atom. The SMILES string of the molecule is CC(C)[n+]1c[nH]c2ccc(OC3CCNCC3)cc21. The van der Waals surface area contributed by atoms with Gasteiger partial charge in [0.15, 0.2) is 11.0 Å². The highest BCUT2D eigenvalue weighted by molar-refractivity contribution is 5.72. The maximum atomic E-state index is 6.10. The van der Waals surface area contributed by atoms with Crippen molar-refractivity contribution in [3.05, 3.63) is 24.5 Å². The van der Waals surface area contributed by atoms with Gasteiger partial charge in [0, 0.05) is 6.07 Å². The molecule has 19 heavy (non-hydrogen) atoms. The molecule has 2 aromatic rings. The molecule has 1 fully saturated rings. The first kappa shape index (κ1) is 12.5. The summed E-state index contributed by atoms with van der Waals surface area (Å²) in [6, 6.07) is 6.76. The molecule has 0 atom stereocenters. The van der Waals surface area contributed by atoms with Gasteiger partial charge in [-0.15, -0.1) is 0 Å². The molecule has 2 N–H and O–H groups in total. The van der Waals surface area contributed by atoms with Crippen LogP contribution in [0.2, 0.25) is 0 Å². The molecule has 0 unspecified atom stereocenters. The summed E-state index contributed by atoms with van der Waals surface area (Å²) in [6.45, 7) is 6.49. The van der Waals surface area contributed by atoms with Crippen LogP contribution in [0.1, 0.15) is 32.7 Å². The van der Waals surface area contributed by atoms with Gasteiger partial charge in [0.25, 0.3) is 0 Å². The normalized spacial score (nSPS) is 17.2. The third-order valence-corrected chi connectivity index (χ3v) is 3.75. The molecule has 0 saturated carbocycles. The maximum absolute atomic E-state index is 6.10. The van der Waals surface area contributed by atoms with E-state index in [9.17, 15) is 0 Å². The number of hydrogen-bond acceptors (Lipinski definition) is 2. The Balaban J connectivity index is 1.85. The average molecular weight is 260 g/mol. The van der Waals surface area contributed by atoms with Crippen molar-refractivity contribution in [2.45, 2.75) is 38.8 Å². The Morgan fingerprint density at radius 2 is 2.05 bits per heavy atom. The second-order valence-electron chi connectivity index (χ2n) is 5.52. The molecule has 0 spiro atoms. The van der Waals surface area contributed by atoms with Crippen molar-refractivity contribution in [3.63, 3.8) is 0 Å². The summed E-state index contributed by atoms with van der Waals surface area (Å²) in [6.07, 6.45) is 4.57. The summed E-state index contributed by atoms with van der Waals surface area (Å²) < 4.78 is 8.34. The summed E-state index contributed by atoms with van der Waals surface area (Å²) in [5, 5.41) is 3.36. The monoisotopic (exact) mass is 260 g/mol. The molecule has 4 nitrogen and oxygen atoms in total. The first-order valence-electron chi connectivity index (χ1n) is 7.13. The highest BCUT2D eigenvalue weighted by Crippen LogP contribution is 2.21. The number of benzene rings is 1. The van der Waals surface area contributed by atoms with Gasteiger partial charge in [-0.1, -0.05) is 0 Å². The van der Waals surface area contributed by atoms with Crippen LogP contribution in [0, 0.1) is 0 Å². The Bertz CT molecular complexity index is 556. The molecule has 0 amide bonds. The smallest absolute Gasteiger partial charge is 0.242 e. The number of fused-ring (bicyclic) bond motifs is 1. The third kappa shape index (κ3) is 2.59. The standard InChI is InChI=1S/C15H21N3O/c1-11(2)18-10-17-14-4-3-13(9-15(14)18)19-12-5-7-16-8-6-12/h3-4,9-12,16H,5-8H2,1-2H3/p+1. The molecular weight excluding hydrogens is 238 g/mol. The van der Waals surface area contributed by atoms with E-state index in [1.807, 2.05) is 6.33 Å². The van der Waals surface area contributed by atoms with E-state index < -0.39 is 0 Å². The second-order valence-corrected chi connectivity index (χ2v) is 5.52. The number of ether oxygens (including phenoxy) is 1. The zero-order valence-corrected chi connectivity index (χ0v) is 11.6. The molecule has 1 aliphatic heterocycles. The number of nitrogens with zero attached hydrogens (tertiary/aromatic N) is 1. The van der Waals surface area contributed by atoms with Crippen LogP contribution >= 0.6 is 0 Å². The van der Waals surface area contributed by atoms with E-state index in [4.69, 9.17) is 4.74 Å². The molecule has 0 radical (unpaired) electrons. The van der Waals surface area contributed by atoms with Gasteiger partial charge in [0.05, 0.1) is 6.04 Å². The lowest BCUT2D eigenvalue weighted by Crippen LogP contribution is -2.35. The molecule has 2 heterocycles. The molecule has 0 aliphatic carbocycles. The zero-order chi connectivity index (χ0) is 13.2. The minimum Gasteiger partial charge on any atom is -0.490 e. The second kappa shape index (κ2) is 5.21. The molecular formula is C15H22N3O+. The third-order valence-electron chi connectivity index (χ3n) is 3.75. The minimum atomic E-state index is 0.352. The van der Waals surface area contributed by atoms with Crippen molar-refractivity contribution in [2.24, 2.45) is 0 Å². The zero-order valence-electron chi connectivity index (χ0n) is 11.6. The van der Waals surface area contributed by atoms with Crippen LogP contribution in [0.25, 0.3) is 11.0 Å². The van der Waals surface area contributed by atoms with E-state index in [0.29, 0.717) is 12.1 Å². The van der Waals surface area contributed by atoms with Gasteiger partial charge in [-0.3, -0.25) is 0 Å². The van der Waals surface area contributed by atoms with Gasteiger partial charge in [0.2, 0.25) is 6.33 Å². The van der Waals surface area contributed by atoms with Crippen molar-refractivity contribution in [2.75, 3.05) is 13.1 Å². The molecule has 1 aromatic carbocycles. The number of nitrogens with one attached hydrogen (secondary N) is 2. The van der Waals surface area contributed by atoms with Crippen molar-refractivity contribution in [3.8, 4) is 5.75 Å². The predicted molar refractivity (Wildman–Crippen MR) is 75.4 cm³/mol. The van der Waals surface area contributed by atoms with Crippen molar-refractivity contribution < 1.29 is 9.30 Å². The molecule has 4 heteroatoms. The highest BCUT2D eigenvalue weighted by Gasteiger charge is 2.17. The minimum absolute atomic E-state index is 0.352. The molecule has 3 rings (SSSR count). The molecule has 1 aliphatic rings. The summed E-state index contributed by atoms with van der Waals surface area (Å²) in [4.78, 5) is 3.30. The Kier molecular flexibility index (Phi) is 3.42. The fourth-order valence-electron chi connectivity index (χ4n) is 2.66. The van der Waals surface area contributed by atoms with E-state index in [0.717, 1.165) is 37.2 Å². The Hall–Kier alpha value is -1.55. The first-order chi connectivity index (χ1) is 9.24. The maximum Gasteiger partial charge on any atom is 0.242 e. The van der Waals surface area contributed by atoms with Crippen LogP contribution in [0.3, 0.4) is 0 Å². The van der Waals surface area contributed by atoms with Crippen molar-refractivity contribution >= 4 is 11.0 Å². The summed E-state index contributed by atoms with van der Waals surface area (Å²) in [7, 11) is 0. The van der Waals surface area contributed by atoms with Gasteiger partial charge in [-0.05, 0) is 51.9 Å². The van der Waals surface area contributed by atoms with E-state index in [1.165, 1.54) is 5.52 Å². The Morgan fingerprint density at radius 1 is 1.26 bits per heavy atom. The van der Waals surface area contributed by atoms with Crippen LogP contribution in [0.5, 0.6) is 5.75 Å². The number of imidazole rings is 1. The van der Waals surface area contributed by atoms with Crippen LogP contribution in [-0.4, -0.2) is 24.2 Å². The van der Waals surface area contributed by atoms with Crippen LogP contribution in [0.15, 0.2) is 24.5 Å². The topological polar surface area (TPSA) is 40.9 Å². The van der Waals surface area contributed by atoms with E-state index in [-0.39, 0.29) is 0 Å². The number of rotatable bonds is 3. The fraction of sp³-hybridized carbons (Fsp3) is 0.533.